The molecule has 0 aromatic heterocycles. The van der Waals surface area contributed by atoms with Crippen molar-refractivity contribution in [3.8, 4) is 0 Å². The topological polar surface area (TPSA) is 20.3 Å². The zero-order valence-electron chi connectivity index (χ0n) is 6.42. The van der Waals surface area contributed by atoms with Crippen LogP contribution in [-0.4, -0.2) is 29.8 Å². The van der Waals surface area contributed by atoms with Crippen LogP contribution in [0.1, 0.15) is 6.42 Å². The molecule has 2 nitrogen and oxygen atoms in total. The Kier molecular flexibility index (Phi) is 2.94. The number of nitrogens with zero attached hydrogens (tertiary/aromatic N) is 1. The molecular weight excluding hydrogens is 162 g/mol. The fourth-order valence-electron chi connectivity index (χ4n) is 1.29. The van der Waals surface area contributed by atoms with Crippen LogP contribution in [0.5, 0.6) is 0 Å². The smallest absolute Gasteiger partial charge is 0.223 e. The number of rotatable bonds is 3. The summed E-state index contributed by atoms with van der Waals surface area (Å²) in [5.74, 6) is 1.14. The summed E-state index contributed by atoms with van der Waals surface area (Å²) in [5.41, 5.74) is 0. The minimum absolute atomic E-state index is 0.204. The van der Waals surface area contributed by atoms with E-state index in [1.54, 1.807) is 11.0 Å². The van der Waals surface area contributed by atoms with E-state index in [1.165, 1.54) is 0 Å². The van der Waals surface area contributed by atoms with E-state index in [0.29, 0.717) is 24.8 Å². The fraction of sp³-hybridized carbons (Fsp3) is 0.625. The lowest BCUT2D eigenvalue weighted by Gasteiger charge is -2.12. The Labute approximate surface area is 71.8 Å². The molecule has 1 rings (SSSR count). The molecule has 1 atom stereocenters. The quantitative estimate of drug-likeness (QED) is 0.465. The van der Waals surface area contributed by atoms with Crippen molar-refractivity contribution in [1.29, 1.82) is 0 Å². The molecule has 0 spiro atoms. The molecule has 0 aliphatic carbocycles. The first kappa shape index (κ1) is 8.60. The number of carbonyl (C=O) groups excluding carboxylic acids is 1. The Hall–Kier alpha value is -0.500. The van der Waals surface area contributed by atoms with E-state index >= 15 is 0 Å². The van der Waals surface area contributed by atoms with Crippen LogP contribution in [0.15, 0.2) is 12.7 Å². The molecule has 0 aromatic carbocycles. The van der Waals surface area contributed by atoms with Gasteiger partial charge in [0, 0.05) is 25.4 Å². The number of hydrogen-bond donors (Lipinski definition) is 0. The van der Waals surface area contributed by atoms with Gasteiger partial charge in [-0.3, -0.25) is 4.79 Å². The van der Waals surface area contributed by atoms with Crippen molar-refractivity contribution in [3.05, 3.63) is 12.7 Å². The third-order valence-electron chi connectivity index (χ3n) is 1.86. The first-order valence-corrected chi connectivity index (χ1v) is 4.26. The van der Waals surface area contributed by atoms with Gasteiger partial charge in [-0.2, -0.15) is 0 Å². The summed E-state index contributed by atoms with van der Waals surface area (Å²) < 4.78 is 0. The molecule has 3 heteroatoms. The summed E-state index contributed by atoms with van der Waals surface area (Å²) in [4.78, 5) is 12.9. The van der Waals surface area contributed by atoms with E-state index in [1.807, 2.05) is 0 Å². The normalized spacial score (nSPS) is 24.3. The largest absolute Gasteiger partial charge is 0.339 e. The average molecular weight is 174 g/mol. The van der Waals surface area contributed by atoms with Crippen LogP contribution in [0.4, 0.5) is 0 Å². The van der Waals surface area contributed by atoms with E-state index in [0.717, 1.165) is 6.54 Å². The van der Waals surface area contributed by atoms with Gasteiger partial charge in [0.2, 0.25) is 5.91 Å². The predicted octanol–water partition coefficient (Wildman–Crippen LogP) is 1.26. The molecule has 0 radical (unpaired) electrons. The maximum atomic E-state index is 11.2. The first-order chi connectivity index (χ1) is 5.27. The molecule has 1 heterocycles. The van der Waals surface area contributed by atoms with Gasteiger partial charge in [0.1, 0.15) is 0 Å². The molecule has 1 saturated heterocycles. The molecule has 1 aliphatic heterocycles. The molecular formula is C8H12ClNO. The minimum atomic E-state index is 0.204. The van der Waals surface area contributed by atoms with E-state index in [2.05, 4.69) is 6.58 Å². The highest BCUT2D eigenvalue weighted by Gasteiger charge is 2.27. The second kappa shape index (κ2) is 3.77. The Morgan fingerprint density at radius 1 is 1.82 bits per heavy atom. The standard InChI is InChI=1S/C8H12ClNO/c1-2-3-10-6-7(5-9)4-8(10)11/h2,7H,1,3-6H2. The van der Waals surface area contributed by atoms with Crippen LogP contribution in [0.3, 0.4) is 0 Å². The molecule has 0 N–H and O–H groups in total. The Morgan fingerprint density at radius 2 is 2.55 bits per heavy atom. The molecule has 0 saturated carbocycles. The third kappa shape index (κ3) is 1.96. The van der Waals surface area contributed by atoms with Gasteiger partial charge in [0.15, 0.2) is 0 Å². The van der Waals surface area contributed by atoms with E-state index in [9.17, 15) is 4.79 Å². The molecule has 1 fully saturated rings. The van der Waals surface area contributed by atoms with Crippen molar-refractivity contribution in [2.24, 2.45) is 5.92 Å². The van der Waals surface area contributed by atoms with Gasteiger partial charge in [-0.25, -0.2) is 0 Å². The molecule has 1 aliphatic rings. The SMILES string of the molecule is C=CCN1CC(CCl)CC1=O. The van der Waals surface area contributed by atoms with Crippen LogP contribution in [0.25, 0.3) is 0 Å². The highest BCUT2D eigenvalue weighted by Crippen LogP contribution is 2.18. The number of carbonyl (C=O) groups is 1. The van der Waals surface area contributed by atoms with Gasteiger partial charge >= 0.3 is 0 Å². The Morgan fingerprint density at radius 3 is 3.00 bits per heavy atom. The number of halogens is 1. The lowest BCUT2D eigenvalue weighted by Crippen LogP contribution is -2.25. The molecule has 1 unspecified atom stereocenters. The number of likely N-dealkylation sites (tertiary alicyclic amines) is 1. The molecule has 0 aromatic rings. The highest BCUT2D eigenvalue weighted by atomic mass is 35.5. The van der Waals surface area contributed by atoms with E-state index in [-0.39, 0.29) is 5.91 Å². The maximum Gasteiger partial charge on any atom is 0.223 e. The lowest BCUT2D eigenvalue weighted by atomic mass is 10.2. The zero-order chi connectivity index (χ0) is 8.27. The monoisotopic (exact) mass is 173 g/mol. The highest BCUT2D eigenvalue weighted by molar-refractivity contribution is 6.18. The van der Waals surface area contributed by atoms with Crippen molar-refractivity contribution in [1.82, 2.24) is 4.90 Å². The molecule has 62 valence electrons. The lowest BCUT2D eigenvalue weighted by molar-refractivity contribution is -0.127. The molecule has 0 bridgehead atoms. The van der Waals surface area contributed by atoms with Crippen molar-refractivity contribution < 1.29 is 4.79 Å². The van der Waals surface area contributed by atoms with Crippen LogP contribution in [0.2, 0.25) is 0 Å². The third-order valence-corrected chi connectivity index (χ3v) is 2.30. The van der Waals surface area contributed by atoms with E-state index in [4.69, 9.17) is 11.6 Å². The van der Waals surface area contributed by atoms with Gasteiger partial charge < -0.3 is 4.90 Å². The summed E-state index contributed by atoms with van der Waals surface area (Å²) in [6.45, 7) is 5.04. The van der Waals surface area contributed by atoms with Gasteiger partial charge in [-0.1, -0.05) is 6.08 Å². The van der Waals surface area contributed by atoms with Gasteiger partial charge in [-0.05, 0) is 5.92 Å². The number of amides is 1. The second-order valence-corrected chi connectivity index (χ2v) is 3.12. The number of hydrogen-bond acceptors (Lipinski definition) is 1. The Balaban J connectivity index is 2.44. The summed E-state index contributed by atoms with van der Waals surface area (Å²) in [5, 5.41) is 0. The van der Waals surface area contributed by atoms with Crippen LogP contribution >= 0.6 is 11.6 Å². The van der Waals surface area contributed by atoms with E-state index < -0.39 is 0 Å². The van der Waals surface area contributed by atoms with Crippen molar-refractivity contribution in [2.75, 3.05) is 19.0 Å². The maximum absolute atomic E-state index is 11.2. The molecule has 11 heavy (non-hydrogen) atoms. The first-order valence-electron chi connectivity index (χ1n) is 3.72. The van der Waals surface area contributed by atoms with Gasteiger partial charge in [0.05, 0.1) is 0 Å². The summed E-state index contributed by atoms with van der Waals surface area (Å²) in [6, 6.07) is 0. The number of alkyl halides is 1. The Bertz CT molecular complexity index is 169. The second-order valence-electron chi connectivity index (χ2n) is 2.81. The van der Waals surface area contributed by atoms with Crippen molar-refractivity contribution in [3.63, 3.8) is 0 Å². The van der Waals surface area contributed by atoms with Crippen LogP contribution < -0.4 is 0 Å². The van der Waals surface area contributed by atoms with Gasteiger partial charge in [0.25, 0.3) is 0 Å². The zero-order valence-corrected chi connectivity index (χ0v) is 7.18. The van der Waals surface area contributed by atoms with Crippen molar-refractivity contribution >= 4 is 17.5 Å². The predicted molar refractivity (Wildman–Crippen MR) is 45.6 cm³/mol. The van der Waals surface area contributed by atoms with Crippen LogP contribution in [-0.2, 0) is 4.79 Å². The van der Waals surface area contributed by atoms with Crippen LogP contribution in [0, 0.1) is 5.92 Å². The average Bonchev–Trinajstić information content (AvgIpc) is 2.33. The summed E-state index contributed by atoms with van der Waals surface area (Å²) in [6.07, 6.45) is 2.35. The summed E-state index contributed by atoms with van der Waals surface area (Å²) in [7, 11) is 0. The fourth-order valence-corrected chi connectivity index (χ4v) is 1.50. The minimum Gasteiger partial charge on any atom is -0.339 e. The molecule has 1 amide bonds. The van der Waals surface area contributed by atoms with Gasteiger partial charge in [-0.15, -0.1) is 18.2 Å². The van der Waals surface area contributed by atoms with Crippen molar-refractivity contribution in [2.45, 2.75) is 6.42 Å². The summed E-state index contributed by atoms with van der Waals surface area (Å²) >= 11 is 5.63.